The summed E-state index contributed by atoms with van der Waals surface area (Å²) >= 11 is 0. The Morgan fingerprint density at radius 2 is 1.65 bits per heavy atom. The van der Waals surface area contributed by atoms with Crippen molar-refractivity contribution in [2.24, 2.45) is 0 Å². The predicted molar refractivity (Wildman–Crippen MR) is 65.9 cm³/mol. The van der Waals surface area contributed by atoms with Crippen LogP contribution in [0.5, 0.6) is 0 Å². The molecule has 4 heteroatoms. The Morgan fingerprint density at radius 3 is 2.18 bits per heavy atom. The summed E-state index contributed by atoms with van der Waals surface area (Å²) in [6, 6.07) is 7.51. The molecule has 4 nitrogen and oxygen atoms in total. The van der Waals surface area contributed by atoms with E-state index < -0.39 is 18.8 Å². The van der Waals surface area contributed by atoms with E-state index in [1.807, 2.05) is 12.1 Å². The summed E-state index contributed by atoms with van der Waals surface area (Å²) in [7, 11) is 0. The fourth-order valence-electron chi connectivity index (χ4n) is 2.18. The highest BCUT2D eigenvalue weighted by Gasteiger charge is 2.18. The standard InChI is InChI=1S/C13H19NO3/c15-9-12(16)13(17)10-3-5-11(6-4-10)14-7-1-2-8-14/h3-6,12-13,15-17H,1-2,7-9H2. The van der Waals surface area contributed by atoms with Crippen LogP contribution in [0.2, 0.25) is 0 Å². The van der Waals surface area contributed by atoms with Crippen LogP contribution in [0.4, 0.5) is 5.69 Å². The molecule has 1 saturated heterocycles. The minimum atomic E-state index is -1.12. The first-order valence-electron chi connectivity index (χ1n) is 6.04. The van der Waals surface area contributed by atoms with E-state index in [0.29, 0.717) is 5.56 Å². The van der Waals surface area contributed by atoms with E-state index in [1.54, 1.807) is 12.1 Å². The molecule has 1 aromatic carbocycles. The lowest BCUT2D eigenvalue weighted by Crippen LogP contribution is -2.22. The van der Waals surface area contributed by atoms with Gasteiger partial charge in [-0.1, -0.05) is 12.1 Å². The van der Waals surface area contributed by atoms with Crippen molar-refractivity contribution in [2.45, 2.75) is 25.0 Å². The number of hydrogen-bond donors (Lipinski definition) is 3. The van der Waals surface area contributed by atoms with E-state index in [2.05, 4.69) is 4.90 Å². The van der Waals surface area contributed by atoms with E-state index in [1.165, 1.54) is 12.8 Å². The fourth-order valence-corrected chi connectivity index (χ4v) is 2.18. The van der Waals surface area contributed by atoms with Gasteiger partial charge < -0.3 is 20.2 Å². The van der Waals surface area contributed by atoms with Gasteiger partial charge in [0, 0.05) is 18.8 Å². The molecule has 1 aliphatic rings. The van der Waals surface area contributed by atoms with E-state index in [4.69, 9.17) is 5.11 Å². The number of hydrogen-bond acceptors (Lipinski definition) is 4. The minimum Gasteiger partial charge on any atom is -0.394 e. The molecule has 1 aromatic rings. The Balaban J connectivity index is 2.06. The van der Waals surface area contributed by atoms with Gasteiger partial charge in [-0.2, -0.15) is 0 Å². The quantitative estimate of drug-likeness (QED) is 0.720. The van der Waals surface area contributed by atoms with Crippen LogP contribution in [0, 0.1) is 0 Å². The van der Waals surface area contributed by atoms with Crippen LogP contribution in [0.25, 0.3) is 0 Å². The van der Waals surface area contributed by atoms with Crippen molar-refractivity contribution in [3.63, 3.8) is 0 Å². The average Bonchev–Trinajstić information content (AvgIpc) is 2.91. The zero-order valence-electron chi connectivity index (χ0n) is 9.79. The minimum absolute atomic E-state index is 0.435. The van der Waals surface area contributed by atoms with E-state index >= 15 is 0 Å². The zero-order valence-corrected chi connectivity index (χ0v) is 9.79. The second-order valence-corrected chi connectivity index (χ2v) is 4.48. The summed E-state index contributed by atoms with van der Waals surface area (Å²) in [5.74, 6) is 0. The smallest absolute Gasteiger partial charge is 0.107 e. The fraction of sp³-hybridized carbons (Fsp3) is 0.538. The molecule has 17 heavy (non-hydrogen) atoms. The Morgan fingerprint density at radius 1 is 1.06 bits per heavy atom. The van der Waals surface area contributed by atoms with Crippen LogP contribution < -0.4 is 4.90 Å². The van der Waals surface area contributed by atoms with E-state index in [-0.39, 0.29) is 0 Å². The molecule has 1 heterocycles. The predicted octanol–water partition coefficient (Wildman–Crippen LogP) is 0.673. The molecular weight excluding hydrogens is 218 g/mol. The zero-order chi connectivity index (χ0) is 12.3. The molecule has 0 spiro atoms. The Labute approximate surface area is 101 Å². The van der Waals surface area contributed by atoms with Crippen LogP contribution in [-0.2, 0) is 0 Å². The molecule has 0 radical (unpaired) electrons. The number of anilines is 1. The summed E-state index contributed by atoms with van der Waals surface area (Å²) in [6.07, 6.45) is 0.321. The average molecular weight is 237 g/mol. The third-order valence-corrected chi connectivity index (χ3v) is 3.26. The molecule has 0 saturated carbocycles. The SMILES string of the molecule is OCC(O)C(O)c1ccc(N2CCCC2)cc1. The van der Waals surface area contributed by atoms with Crippen molar-refractivity contribution in [3.05, 3.63) is 29.8 Å². The van der Waals surface area contributed by atoms with Crippen LogP contribution in [-0.4, -0.2) is 41.1 Å². The Bertz CT molecular complexity index is 346. The van der Waals surface area contributed by atoms with Crippen molar-refractivity contribution in [1.29, 1.82) is 0 Å². The van der Waals surface area contributed by atoms with Gasteiger partial charge in [-0.15, -0.1) is 0 Å². The molecule has 2 unspecified atom stereocenters. The molecule has 2 rings (SSSR count). The van der Waals surface area contributed by atoms with Crippen LogP contribution in [0.15, 0.2) is 24.3 Å². The normalized spacial score (nSPS) is 19.4. The van der Waals surface area contributed by atoms with Crippen molar-refractivity contribution < 1.29 is 15.3 Å². The molecule has 0 bridgehead atoms. The van der Waals surface area contributed by atoms with Crippen LogP contribution >= 0.6 is 0 Å². The third kappa shape index (κ3) is 2.77. The lowest BCUT2D eigenvalue weighted by atomic mass is 10.0. The van der Waals surface area contributed by atoms with Gasteiger partial charge in [0.1, 0.15) is 12.2 Å². The lowest BCUT2D eigenvalue weighted by Gasteiger charge is -2.20. The van der Waals surface area contributed by atoms with Crippen molar-refractivity contribution in [3.8, 4) is 0 Å². The molecule has 0 amide bonds. The molecular formula is C13H19NO3. The first-order valence-corrected chi connectivity index (χ1v) is 6.04. The summed E-state index contributed by atoms with van der Waals surface area (Å²) in [5.41, 5.74) is 1.78. The van der Waals surface area contributed by atoms with Gasteiger partial charge in [-0.05, 0) is 30.5 Å². The number of rotatable bonds is 4. The van der Waals surface area contributed by atoms with Gasteiger partial charge in [-0.3, -0.25) is 0 Å². The summed E-state index contributed by atoms with van der Waals surface area (Å²) in [5, 5.41) is 27.8. The number of nitrogens with zero attached hydrogens (tertiary/aromatic N) is 1. The first kappa shape index (κ1) is 12.4. The molecule has 2 atom stereocenters. The largest absolute Gasteiger partial charge is 0.394 e. The van der Waals surface area contributed by atoms with E-state index in [9.17, 15) is 10.2 Å². The number of aliphatic hydroxyl groups excluding tert-OH is 3. The second-order valence-electron chi connectivity index (χ2n) is 4.48. The second kappa shape index (κ2) is 5.49. The van der Waals surface area contributed by atoms with Crippen LogP contribution in [0.1, 0.15) is 24.5 Å². The van der Waals surface area contributed by atoms with Crippen molar-refractivity contribution >= 4 is 5.69 Å². The Kier molecular flexibility index (Phi) is 3.99. The highest BCUT2D eigenvalue weighted by atomic mass is 16.4. The summed E-state index contributed by atoms with van der Waals surface area (Å²) < 4.78 is 0. The third-order valence-electron chi connectivity index (χ3n) is 3.26. The highest BCUT2D eigenvalue weighted by molar-refractivity contribution is 5.48. The van der Waals surface area contributed by atoms with Crippen LogP contribution in [0.3, 0.4) is 0 Å². The maximum Gasteiger partial charge on any atom is 0.107 e. The van der Waals surface area contributed by atoms with Gasteiger partial charge in [0.2, 0.25) is 0 Å². The van der Waals surface area contributed by atoms with Gasteiger partial charge in [0.15, 0.2) is 0 Å². The van der Waals surface area contributed by atoms with Gasteiger partial charge in [0.05, 0.1) is 6.61 Å². The molecule has 94 valence electrons. The maximum absolute atomic E-state index is 9.72. The molecule has 3 N–H and O–H groups in total. The molecule has 1 aliphatic heterocycles. The molecule has 0 aliphatic carbocycles. The lowest BCUT2D eigenvalue weighted by molar-refractivity contribution is -0.0152. The monoisotopic (exact) mass is 237 g/mol. The molecule has 1 fully saturated rings. The Hall–Kier alpha value is -1.10. The van der Waals surface area contributed by atoms with Gasteiger partial charge in [0.25, 0.3) is 0 Å². The number of aliphatic hydroxyl groups is 3. The van der Waals surface area contributed by atoms with Gasteiger partial charge in [-0.25, -0.2) is 0 Å². The van der Waals surface area contributed by atoms with Crippen molar-refractivity contribution in [2.75, 3.05) is 24.6 Å². The highest BCUT2D eigenvalue weighted by Crippen LogP contribution is 2.23. The first-order chi connectivity index (χ1) is 8.22. The topological polar surface area (TPSA) is 63.9 Å². The summed E-state index contributed by atoms with van der Waals surface area (Å²) in [4.78, 5) is 2.30. The van der Waals surface area contributed by atoms with E-state index in [0.717, 1.165) is 18.8 Å². The maximum atomic E-state index is 9.72. The van der Waals surface area contributed by atoms with Gasteiger partial charge >= 0.3 is 0 Å². The van der Waals surface area contributed by atoms with Crippen molar-refractivity contribution in [1.82, 2.24) is 0 Å². The summed E-state index contributed by atoms with van der Waals surface area (Å²) in [6.45, 7) is 1.73. The molecule has 0 aromatic heterocycles. The number of benzene rings is 1.